The Balaban J connectivity index is 2.26. The third kappa shape index (κ3) is 3.35. The maximum Gasteiger partial charge on any atom is 0.129 e. The average molecular weight is 259 g/mol. The number of hydrogen-bond acceptors (Lipinski definition) is 4. The van der Waals surface area contributed by atoms with Crippen molar-refractivity contribution in [3.05, 3.63) is 47.5 Å². The van der Waals surface area contributed by atoms with Crippen LogP contribution in [-0.4, -0.2) is 11.5 Å². The molecule has 4 heteroatoms. The first kappa shape index (κ1) is 13.6. The molecule has 19 heavy (non-hydrogen) atoms. The van der Waals surface area contributed by atoms with E-state index in [0.29, 0.717) is 6.54 Å². The highest BCUT2D eigenvalue weighted by Crippen LogP contribution is 2.18. The van der Waals surface area contributed by atoms with Crippen LogP contribution in [-0.2, 0) is 19.5 Å². The summed E-state index contributed by atoms with van der Waals surface area (Å²) in [4.78, 5) is 6.87. The van der Waals surface area contributed by atoms with Gasteiger partial charge in [0.2, 0.25) is 0 Å². The number of anilines is 1. The number of furan rings is 1. The molecule has 2 aromatic rings. The minimum Gasteiger partial charge on any atom is -0.467 e. The molecule has 0 unspecified atom stereocenters. The van der Waals surface area contributed by atoms with Crippen molar-refractivity contribution in [2.45, 2.75) is 33.4 Å². The van der Waals surface area contributed by atoms with E-state index in [9.17, 15) is 0 Å². The predicted octanol–water partition coefficient (Wildman–Crippen LogP) is 2.72. The lowest BCUT2D eigenvalue weighted by atomic mass is 10.2. The van der Waals surface area contributed by atoms with Crippen LogP contribution in [0.2, 0.25) is 0 Å². The molecule has 0 amide bonds. The molecule has 4 nitrogen and oxygen atoms in total. The molecule has 0 radical (unpaired) electrons. The van der Waals surface area contributed by atoms with E-state index in [1.807, 2.05) is 12.1 Å². The highest BCUT2D eigenvalue weighted by Gasteiger charge is 2.10. The first-order valence-corrected chi connectivity index (χ1v) is 6.74. The van der Waals surface area contributed by atoms with Crippen molar-refractivity contribution < 1.29 is 4.42 Å². The van der Waals surface area contributed by atoms with Crippen LogP contribution in [0.15, 0.2) is 34.9 Å². The van der Waals surface area contributed by atoms with E-state index < -0.39 is 0 Å². The molecule has 0 fully saturated rings. The van der Waals surface area contributed by atoms with Crippen LogP contribution in [0.1, 0.15) is 30.9 Å². The Kier molecular flexibility index (Phi) is 4.58. The van der Waals surface area contributed by atoms with Crippen molar-refractivity contribution in [3.8, 4) is 0 Å². The van der Waals surface area contributed by atoms with Crippen LogP contribution >= 0.6 is 0 Å². The fraction of sp³-hybridized carbons (Fsp3) is 0.400. The van der Waals surface area contributed by atoms with Gasteiger partial charge in [0.25, 0.3) is 0 Å². The van der Waals surface area contributed by atoms with Crippen molar-refractivity contribution in [2.24, 2.45) is 5.73 Å². The minimum atomic E-state index is 0.542. The molecule has 0 aliphatic rings. The van der Waals surface area contributed by atoms with Crippen LogP contribution in [0.5, 0.6) is 0 Å². The van der Waals surface area contributed by atoms with Crippen LogP contribution in [0.25, 0.3) is 0 Å². The van der Waals surface area contributed by atoms with Crippen molar-refractivity contribution in [3.63, 3.8) is 0 Å². The van der Waals surface area contributed by atoms with Gasteiger partial charge in [-0.2, -0.15) is 0 Å². The molecular formula is C15H21N3O. The molecule has 2 N–H and O–H groups in total. The quantitative estimate of drug-likeness (QED) is 0.866. The van der Waals surface area contributed by atoms with E-state index in [1.54, 1.807) is 6.26 Å². The Labute approximate surface area is 114 Å². The van der Waals surface area contributed by atoms with Crippen LogP contribution in [0.3, 0.4) is 0 Å². The summed E-state index contributed by atoms with van der Waals surface area (Å²) in [6, 6.07) is 8.02. The van der Waals surface area contributed by atoms with Gasteiger partial charge >= 0.3 is 0 Å². The molecule has 0 atom stereocenters. The number of pyridine rings is 1. The molecule has 0 saturated heterocycles. The molecule has 2 heterocycles. The van der Waals surface area contributed by atoms with Gasteiger partial charge in [-0.05, 0) is 43.2 Å². The van der Waals surface area contributed by atoms with E-state index in [2.05, 4.69) is 35.9 Å². The van der Waals surface area contributed by atoms with Crippen LogP contribution in [0, 0.1) is 0 Å². The summed E-state index contributed by atoms with van der Waals surface area (Å²) in [5, 5.41) is 0. The van der Waals surface area contributed by atoms with Gasteiger partial charge in [-0.3, -0.25) is 0 Å². The molecule has 0 spiro atoms. The lowest BCUT2D eigenvalue weighted by molar-refractivity contribution is 0.502. The van der Waals surface area contributed by atoms with E-state index in [1.165, 1.54) is 0 Å². The Morgan fingerprint density at radius 1 is 1.32 bits per heavy atom. The summed E-state index contributed by atoms with van der Waals surface area (Å²) in [7, 11) is 0. The van der Waals surface area contributed by atoms with Crippen molar-refractivity contribution in [2.75, 3.05) is 11.4 Å². The van der Waals surface area contributed by atoms with Crippen LogP contribution in [0.4, 0.5) is 5.82 Å². The zero-order valence-electron chi connectivity index (χ0n) is 11.6. The number of rotatable bonds is 6. The van der Waals surface area contributed by atoms with Gasteiger partial charge < -0.3 is 15.1 Å². The van der Waals surface area contributed by atoms with Gasteiger partial charge in [0, 0.05) is 18.8 Å². The fourth-order valence-electron chi connectivity index (χ4n) is 2.04. The summed E-state index contributed by atoms with van der Waals surface area (Å²) in [5.74, 6) is 1.92. The second kappa shape index (κ2) is 6.38. The van der Waals surface area contributed by atoms with Gasteiger partial charge in [-0.15, -0.1) is 0 Å². The van der Waals surface area contributed by atoms with E-state index in [-0.39, 0.29) is 0 Å². The minimum absolute atomic E-state index is 0.542. The lowest BCUT2D eigenvalue weighted by Crippen LogP contribution is -2.23. The maximum atomic E-state index is 5.76. The van der Waals surface area contributed by atoms with Gasteiger partial charge in [0.1, 0.15) is 11.6 Å². The summed E-state index contributed by atoms with van der Waals surface area (Å²) < 4.78 is 5.41. The second-order valence-electron chi connectivity index (χ2n) is 4.48. The molecule has 0 saturated carbocycles. The zero-order chi connectivity index (χ0) is 13.7. The molecule has 2 aromatic heterocycles. The molecule has 102 valence electrons. The highest BCUT2D eigenvalue weighted by atomic mass is 16.3. The maximum absolute atomic E-state index is 5.76. The van der Waals surface area contributed by atoms with Gasteiger partial charge in [-0.1, -0.05) is 6.92 Å². The smallest absolute Gasteiger partial charge is 0.129 e. The summed E-state index contributed by atoms with van der Waals surface area (Å²) >= 11 is 0. The Morgan fingerprint density at radius 3 is 2.74 bits per heavy atom. The average Bonchev–Trinajstić information content (AvgIpc) is 2.97. The van der Waals surface area contributed by atoms with Gasteiger partial charge in [0.05, 0.1) is 12.8 Å². The Morgan fingerprint density at radius 2 is 2.16 bits per heavy atom. The van der Waals surface area contributed by atoms with E-state index in [0.717, 1.165) is 42.3 Å². The topological polar surface area (TPSA) is 55.3 Å². The largest absolute Gasteiger partial charge is 0.467 e. The molecule has 0 aliphatic carbocycles. The third-order valence-electron chi connectivity index (χ3n) is 3.16. The standard InChI is InChI=1S/C15H21N3O/c1-3-13-8-12(10-16)9-15(17-13)18(4-2)11-14-6-5-7-19-14/h5-9H,3-4,10-11,16H2,1-2H3. The summed E-state index contributed by atoms with van der Waals surface area (Å²) in [5.41, 5.74) is 7.96. The molecule has 0 aliphatic heterocycles. The van der Waals surface area contributed by atoms with Crippen LogP contribution < -0.4 is 10.6 Å². The summed E-state index contributed by atoms with van der Waals surface area (Å²) in [6.07, 6.45) is 2.61. The second-order valence-corrected chi connectivity index (χ2v) is 4.48. The van der Waals surface area contributed by atoms with E-state index >= 15 is 0 Å². The lowest BCUT2D eigenvalue weighted by Gasteiger charge is -2.22. The number of aryl methyl sites for hydroxylation is 1. The van der Waals surface area contributed by atoms with Gasteiger partial charge in [-0.25, -0.2) is 4.98 Å². The van der Waals surface area contributed by atoms with Crippen molar-refractivity contribution in [1.82, 2.24) is 4.98 Å². The first-order chi connectivity index (χ1) is 9.26. The fourth-order valence-corrected chi connectivity index (χ4v) is 2.04. The third-order valence-corrected chi connectivity index (χ3v) is 3.16. The predicted molar refractivity (Wildman–Crippen MR) is 76.9 cm³/mol. The Bertz CT molecular complexity index is 486. The summed E-state index contributed by atoms with van der Waals surface area (Å²) in [6.45, 7) is 6.37. The van der Waals surface area contributed by atoms with Gasteiger partial charge in [0.15, 0.2) is 0 Å². The highest BCUT2D eigenvalue weighted by molar-refractivity contribution is 5.43. The first-order valence-electron chi connectivity index (χ1n) is 6.74. The van der Waals surface area contributed by atoms with E-state index in [4.69, 9.17) is 10.2 Å². The van der Waals surface area contributed by atoms with Crippen molar-refractivity contribution in [1.29, 1.82) is 0 Å². The number of hydrogen-bond donors (Lipinski definition) is 1. The normalized spacial score (nSPS) is 10.7. The molecule has 2 rings (SSSR count). The molecule has 0 bridgehead atoms. The number of nitrogens with two attached hydrogens (primary N) is 1. The Hall–Kier alpha value is -1.81. The molecule has 0 aromatic carbocycles. The SMILES string of the molecule is CCc1cc(CN)cc(N(CC)Cc2ccco2)n1. The van der Waals surface area contributed by atoms with Crippen molar-refractivity contribution >= 4 is 5.82 Å². The molecular weight excluding hydrogens is 238 g/mol. The number of aromatic nitrogens is 1. The number of nitrogens with zero attached hydrogens (tertiary/aromatic N) is 2. The zero-order valence-corrected chi connectivity index (χ0v) is 11.6. The monoisotopic (exact) mass is 259 g/mol.